The minimum Gasteiger partial charge on any atom is -0.445 e. The fourth-order valence-electron chi connectivity index (χ4n) is 4.02. The van der Waals surface area contributed by atoms with E-state index in [0.717, 1.165) is 38.2 Å². The molecule has 2 heterocycles. The Hall–Kier alpha value is -1.55. The van der Waals surface area contributed by atoms with Crippen LogP contribution in [0.1, 0.15) is 45.6 Å². The zero-order chi connectivity index (χ0) is 17.2. The van der Waals surface area contributed by atoms with E-state index in [-0.39, 0.29) is 17.0 Å². The van der Waals surface area contributed by atoms with Gasteiger partial charge in [0.25, 0.3) is 0 Å². The van der Waals surface area contributed by atoms with Crippen molar-refractivity contribution < 1.29 is 9.53 Å². The summed E-state index contributed by atoms with van der Waals surface area (Å²) in [6.45, 7) is 11.1. The van der Waals surface area contributed by atoms with Crippen LogP contribution in [0, 0.1) is 5.41 Å². The van der Waals surface area contributed by atoms with Gasteiger partial charge in [0, 0.05) is 30.6 Å². The van der Waals surface area contributed by atoms with Gasteiger partial charge in [-0.2, -0.15) is 0 Å². The Balaban J connectivity index is 1.56. The molecule has 4 nitrogen and oxygen atoms in total. The summed E-state index contributed by atoms with van der Waals surface area (Å²) in [6, 6.07) is 9.89. The number of hydrogen-bond donors (Lipinski definition) is 0. The third-order valence-electron chi connectivity index (χ3n) is 5.51. The highest BCUT2D eigenvalue weighted by atomic mass is 16.6. The van der Waals surface area contributed by atoms with Crippen molar-refractivity contribution in [3.8, 4) is 0 Å². The first-order valence-electron chi connectivity index (χ1n) is 9.09. The van der Waals surface area contributed by atoms with Crippen LogP contribution in [-0.4, -0.2) is 47.6 Å². The second kappa shape index (κ2) is 6.75. The van der Waals surface area contributed by atoms with Crippen LogP contribution in [0.4, 0.5) is 4.79 Å². The summed E-state index contributed by atoms with van der Waals surface area (Å²) in [7, 11) is 0. The molecule has 2 fully saturated rings. The summed E-state index contributed by atoms with van der Waals surface area (Å²) in [6.07, 6.45) is 3.33. The zero-order valence-electron chi connectivity index (χ0n) is 15.3. The number of amides is 1. The molecule has 1 spiro atoms. The van der Waals surface area contributed by atoms with E-state index in [4.69, 9.17) is 4.74 Å². The van der Waals surface area contributed by atoms with Gasteiger partial charge >= 0.3 is 6.09 Å². The molecule has 1 atom stereocenters. The summed E-state index contributed by atoms with van der Waals surface area (Å²) >= 11 is 0. The maximum Gasteiger partial charge on any atom is 0.410 e. The van der Waals surface area contributed by atoms with Crippen molar-refractivity contribution in [2.75, 3.05) is 26.2 Å². The minimum absolute atomic E-state index is 0.160. The van der Waals surface area contributed by atoms with Crippen molar-refractivity contribution in [2.24, 2.45) is 5.41 Å². The Morgan fingerprint density at radius 3 is 2.54 bits per heavy atom. The Bertz CT molecular complexity index is 567. The Morgan fingerprint density at radius 2 is 1.88 bits per heavy atom. The molecule has 0 bridgehead atoms. The highest BCUT2D eigenvalue weighted by Gasteiger charge is 2.45. The van der Waals surface area contributed by atoms with Crippen LogP contribution < -0.4 is 0 Å². The lowest BCUT2D eigenvalue weighted by Crippen LogP contribution is -2.49. The van der Waals surface area contributed by atoms with E-state index >= 15 is 0 Å². The van der Waals surface area contributed by atoms with Gasteiger partial charge in [0.2, 0.25) is 0 Å². The van der Waals surface area contributed by atoms with Gasteiger partial charge in [-0.1, -0.05) is 30.3 Å². The summed E-state index contributed by atoms with van der Waals surface area (Å²) in [4.78, 5) is 17.0. The Labute approximate surface area is 145 Å². The van der Waals surface area contributed by atoms with Crippen LogP contribution in [0.2, 0.25) is 0 Å². The third kappa shape index (κ3) is 3.92. The van der Waals surface area contributed by atoms with Crippen molar-refractivity contribution in [2.45, 2.75) is 52.2 Å². The predicted octanol–water partition coefficient (Wildman–Crippen LogP) is 3.91. The molecular weight excluding hydrogens is 300 g/mol. The van der Waals surface area contributed by atoms with Crippen molar-refractivity contribution >= 4 is 6.09 Å². The van der Waals surface area contributed by atoms with Gasteiger partial charge in [0.05, 0.1) is 0 Å². The van der Waals surface area contributed by atoms with E-state index in [1.54, 1.807) is 0 Å². The van der Waals surface area contributed by atoms with Crippen LogP contribution in [0.15, 0.2) is 30.3 Å². The van der Waals surface area contributed by atoms with Gasteiger partial charge in [0.15, 0.2) is 0 Å². The van der Waals surface area contributed by atoms with Gasteiger partial charge in [0.1, 0.15) is 6.61 Å². The van der Waals surface area contributed by atoms with Gasteiger partial charge in [-0.15, -0.1) is 0 Å². The van der Waals surface area contributed by atoms with Gasteiger partial charge in [-0.05, 0) is 52.1 Å². The van der Waals surface area contributed by atoms with Gasteiger partial charge < -0.3 is 9.64 Å². The van der Waals surface area contributed by atoms with Crippen LogP contribution in [0.5, 0.6) is 0 Å². The summed E-state index contributed by atoms with van der Waals surface area (Å²) in [5.41, 5.74) is 1.51. The first kappa shape index (κ1) is 17.3. The predicted molar refractivity (Wildman–Crippen MR) is 95.8 cm³/mol. The van der Waals surface area contributed by atoms with E-state index in [1.807, 2.05) is 35.2 Å². The maximum atomic E-state index is 12.5. The number of hydrogen-bond acceptors (Lipinski definition) is 3. The molecule has 0 N–H and O–H groups in total. The molecule has 1 unspecified atom stereocenters. The van der Waals surface area contributed by atoms with Crippen LogP contribution >= 0.6 is 0 Å². The molecule has 132 valence electrons. The second-order valence-electron chi connectivity index (χ2n) is 8.41. The third-order valence-corrected chi connectivity index (χ3v) is 5.51. The molecule has 3 rings (SSSR count). The monoisotopic (exact) mass is 330 g/mol. The van der Waals surface area contributed by atoms with Crippen molar-refractivity contribution in [1.82, 2.24) is 9.80 Å². The van der Waals surface area contributed by atoms with E-state index < -0.39 is 0 Å². The number of rotatable bonds is 2. The number of piperidine rings is 1. The average Bonchev–Trinajstić information content (AvgIpc) is 2.97. The molecule has 2 aliphatic rings. The van der Waals surface area contributed by atoms with E-state index in [9.17, 15) is 4.79 Å². The van der Waals surface area contributed by atoms with E-state index in [2.05, 4.69) is 25.7 Å². The Morgan fingerprint density at radius 1 is 1.12 bits per heavy atom. The zero-order valence-corrected chi connectivity index (χ0v) is 15.3. The van der Waals surface area contributed by atoms with Crippen LogP contribution in [-0.2, 0) is 11.3 Å². The molecule has 4 heteroatoms. The van der Waals surface area contributed by atoms with Crippen LogP contribution in [0.3, 0.4) is 0 Å². The molecule has 1 aromatic rings. The molecule has 2 saturated heterocycles. The minimum atomic E-state index is -0.160. The molecule has 0 aromatic heterocycles. The lowest BCUT2D eigenvalue weighted by atomic mass is 9.79. The number of carbonyl (C=O) groups is 1. The standard InChI is InChI=1S/C20H30N2O2/c1-19(2,3)22-13-11-20(16-22)10-7-12-21(15-20)18(23)24-14-17-8-5-4-6-9-17/h4-6,8-9H,7,10-16H2,1-3H3. The largest absolute Gasteiger partial charge is 0.445 e. The first-order chi connectivity index (χ1) is 11.4. The molecule has 1 aromatic carbocycles. The summed E-state index contributed by atoms with van der Waals surface area (Å²) in [5.74, 6) is 0. The fraction of sp³-hybridized carbons (Fsp3) is 0.650. The van der Waals surface area contributed by atoms with E-state index in [0.29, 0.717) is 6.61 Å². The maximum absolute atomic E-state index is 12.5. The van der Waals surface area contributed by atoms with Crippen LogP contribution in [0.25, 0.3) is 0 Å². The highest BCUT2D eigenvalue weighted by Crippen LogP contribution is 2.41. The smallest absolute Gasteiger partial charge is 0.410 e. The van der Waals surface area contributed by atoms with Crippen molar-refractivity contribution in [1.29, 1.82) is 0 Å². The average molecular weight is 330 g/mol. The number of nitrogens with zero attached hydrogens (tertiary/aromatic N) is 2. The van der Waals surface area contributed by atoms with Crippen molar-refractivity contribution in [3.63, 3.8) is 0 Å². The van der Waals surface area contributed by atoms with Gasteiger partial charge in [-0.25, -0.2) is 4.79 Å². The quantitative estimate of drug-likeness (QED) is 0.824. The summed E-state index contributed by atoms with van der Waals surface area (Å²) < 4.78 is 5.54. The molecule has 0 radical (unpaired) electrons. The molecule has 0 saturated carbocycles. The fourth-order valence-corrected chi connectivity index (χ4v) is 4.02. The lowest BCUT2D eigenvalue weighted by Gasteiger charge is -2.41. The number of carbonyl (C=O) groups excluding carboxylic acids is 1. The normalized spacial score (nSPS) is 25.2. The molecule has 1 amide bonds. The van der Waals surface area contributed by atoms with Gasteiger partial charge in [-0.3, -0.25) is 4.90 Å². The SMILES string of the molecule is CC(C)(C)N1CCC2(CCCN(C(=O)OCc3ccccc3)C2)C1. The van der Waals surface area contributed by atoms with E-state index in [1.165, 1.54) is 12.8 Å². The molecule has 2 aliphatic heterocycles. The van der Waals surface area contributed by atoms with Crippen molar-refractivity contribution in [3.05, 3.63) is 35.9 Å². The number of benzene rings is 1. The first-order valence-corrected chi connectivity index (χ1v) is 9.09. The molecule has 24 heavy (non-hydrogen) atoms. The molecule has 0 aliphatic carbocycles. The number of ether oxygens (including phenoxy) is 1. The second-order valence-corrected chi connectivity index (χ2v) is 8.41. The number of likely N-dealkylation sites (tertiary alicyclic amines) is 2. The Kier molecular flexibility index (Phi) is 4.86. The summed E-state index contributed by atoms with van der Waals surface area (Å²) in [5, 5.41) is 0. The lowest BCUT2D eigenvalue weighted by molar-refractivity contribution is 0.0484. The molecular formula is C20H30N2O2. The highest BCUT2D eigenvalue weighted by molar-refractivity contribution is 5.67. The topological polar surface area (TPSA) is 32.8 Å².